The number of fused-ring (bicyclic) bond motifs is 1. The molecule has 0 amide bonds. The summed E-state index contributed by atoms with van der Waals surface area (Å²) in [6.45, 7) is 2.12. The number of rotatable bonds is 3. The van der Waals surface area contributed by atoms with Crippen LogP contribution in [0.3, 0.4) is 0 Å². The van der Waals surface area contributed by atoms with E-state index in [0.29, 0.717) is 5.92 Å². The molecule has 2 unspecified atom stereocenters. The average molecular weight is 273 g/mol. The fourth-order valence-corrected chi connectivity index (χ4v) is 3.76. The first kappa shape index (κ1) is 12.8. The van der Waals surface area contributed by atoms with Crippen LogP contribution in [-0.2, 0) is 6.42 Å². The fourth-order valence-electron chi connectivity index (χ4n) is 2.70. The van der Waals surface area contributed by atoms with Crippen LogP contribution in [0.5, 0.6) is 0 Å². The van der Waals surface area contributed by atoms with Crippen molar-refractivity contribution in [2.75, 3.05) is 7.05 Å². The summed E-state index contributed by atoms with van der Waals surface area (Å²) in [7, 11) is 1.96. The lowest BCUT2D eigenvalue weighted by Gasteiger charge is -2.23. The first-order valence-corrected chi connectivity index (χ1v) is 7.69. The van der Waals surface area contributed by atoms with Gasteiger partial charge in [-0.2, -0.15) is 0 Å². The summed E-state index contributed by atoms with van der Waals surface area (Å²) in [4.78, 5) is 0. The van der Waals surface area contributed by atoms with Crippen molar-refractivity contribution in [3.05, 3.63) is 45.4 Å². The van der Waals surface area contributed by atoms with Crippen molar-refractivity contribution in [3.8, 4) is 0 Å². The Bertz CT molecular complexity index is 564. The summed E-state index contributed by atoms with van der Waals surface area (Å²) in [6.07, 6.45) is 3.64. The van der Waals surface area contributed by atoms with Crippen LogP contribution in [0.25, 0.3) is 0 Å². The minimum atomic E-state index is 0.282. The molecule has 0 radical (unpaired) electrons. The van der Waals surface area contributed by atoms with Gasteiger partial charge in [-0.05, 0) is 44.4 Å². The maximum Gasteiger partial charge on any atom is 0.134 e. The van der Waals surface area contributed by atoms with Gasteiger partial charge in [-0.3, -0.25) is 0 Å². The highest BCUT2D eigenvalue weighted by atomic mass is 32.1. The van der Waals surface area contributed by atoms with Crippen LogP contribution >= 0.6 is 11.3 Å². The number of nitrogens with one attached hydrogen (secondary N) is 1. The molecule has 19 heavy (non-hydrogen) atoms. The molecule has 1 aliphatic rings. The van der Waals surface area contributed by atoms with Crippen LogP contribution in [0, 0.1) is 0 Å². The Morgan fingerprint density at radius 1 is 1.32 bits per heavy atom. The Hall–Kier alpha value is -1.26. The molecule has 0 fully saturated rings. The van der Waals surface area contributed by atoms with Gasteiger partial charge in [-0.1, -0.05) is 35.6 Å². The maximum absolute atomic E-state index is 4.44. The van der Waals surface area contributed by atoms with Crippen molar-refractivity contribution >= 4 is 11.3 Å². The van der Waals surface area contributed by atoms with Gasteiger partial charge >= 0.3 is 0 Å². The highest BCUT2D eigenvalue weighted by molar-refractivity contribution is 7.11. The lowest BCUT2D eigenvalue weighted by Crippen LogP contribution is -2.11. The van der Waals surface area contributed by atoms with Crippen LogP contribution < -0.4 is 5.32 Å². The summed E-state index contributed by atoms with van der Waals surface area (Å²) in [6, 6.07) is 9.05. The van der Waals surface area contributed by atoms with E-state index in [1.54, 1.807) is 11.3 Å². The second kappa shape index (κ2) is 5.39. The molecule has 3 nitrogen and oxygen atoms in total. The smallest absolute Gasteiger partial charge is 0.134 e. The fraction of sp³-hybridized carbons (Fsp3) is 0.467. The molecule has 1 N–H and O–H groups in total. The summed E-state index contributed by atoms with van der Waals surface area (Å²) in [5.74, 6) is 0.445. The van der Waals surface area contributed by atoms with Crippen molar-refractivity contribution in [3.63, 3.8) is 0 Å². The van der Waals surface area contributed by atoms with Crippen molar-refractivity contribution in [2.24, 2.45) is 0 Å². The zero-order valence-corrected chi connectivity index (χ0v) is 12.2. The third kappa shape index (κ3) is 2.42. The van der Waals surface area contributed by atoms with Gasteiger partial charge in [0.15, 0.2) is 0 Å². The molecule has 2 atom stereocenters. The standard InChI is InChI=1S/C15H19N3S/c1-10(16-2)14-17-18-15(19-14)13-9-5-7-11-6-3-4-8-12(11)13/h3-4,6,8,10,13,16H,5,7,9H2,1-2H3. The maximum atomic E-state index is 4.44. The SMILES string of the molecule is CNC(C)c1nnc(C2CCCc3ccccc32)s1. The number of hydrogen-bond acceptors (Lipinski definition) is 4. The predicted molar refractivity (Wildman–Crippen MR) is 78.6 cm³/mol. The highest BCUT2D eigenvalue weighted by Crippen LogP contribution is 2.38. The van der Waals surface area contributed by atoms with Crippen LogP contribution in [-0.4, -0.2) is 17.2 Å². The summed E-state index contributed by atoms with van der Waals surface area (Å²) in [5, 5.41) is 14.3. The Labute approximate surface area is 118 Å². The van der Waals surface area contributed by atoms with E-state index in [1.165, 1.54) is 35.4 Å². The van der Waals surface area contributed by atoms with Crippen LogP contribution in [0.1, 0.15) is 52.9 Å². The molecule has 0 saturated carbocycles. The van der Waals surface area contributed by atoms with Crippen molar-refractivity contribution in [1.29, 1.82) is 0 Å². The minimum absolute atomic E-state index is 0.282. The van der Waals surface area contributed by atoms with Crippen molar-refractivity contribution < 1.29 is 0 Å². The van der Waals surface area contributed by atoms with Crippen LogP contribution in [0.15, 0.2) is 24.3 Å². The molecule has 0 bridgehead atoms. The van der Waals surface area contributed by atoms with E-state index >= 15 is 0 Å². The van der Waals surface area contributed by atoms with E-state index in [9.17, 15) is 0 Å². The van der Waals surface area contributed by atoms with E-state index in [4.69, 9.17) is 0 Å². The molecule has 3 rings (SSSR count). The van der Waals surface area contributed by atoms with E-state index in [0.717, 1.165) is 5.01 Å². The number of aromatic nitrogens is 2. The molecule has 1 aliphatic carbocycles. The van der Waals surface area contributed by atoms with Crippen LogP contribution in [0.4, 0.5) is 0 Å². The number of benzene rings is 1. The van der Waals surface area contributed by atoms with Gasteiger partial charge < -0.3 is 5.32 Å². The van der Waals surface area contributed by atoms with Gasteiger partial charge in [0, 0.05) is 5.92 Å². The molecule has 2 aromatic rings. The van der Waals surface area contributed by atoms with Gasteiger partial charge in [-0.25, -0.2) is 0 Å². The Kier molecular flexibility index (Phi) is 3.62. The van der Waals surface area contributed by atoms with Gasteiger partial charge in [0.1, 0.15) is 10.0 Å². The van der Waals surface area contributed by atoms with Crippen molar-refractivity contribution in [1.82, 2.24) is 15.5 Å². The van der Waals surface area contributed by atoms with E-state index in [2.05, 4.69) is 46.7 Å². The molecule has 4 heteroatoms. The number of hydrogen-bond donors (Lipinski definition) is 1. The molecule has 0 saturated heterocycles. The van der Waals surface area contributed by atoms with E-state index in [1.807, 2.05) is 7.05 Å². The second-order valence-electron chi connectivity index (χ2n) is 5.13. The number of nitrogens with zero attached hydrogens (tertiary/aromatic N) is 2. The molecule has 0 spiro atoms. The lowest BCUT2D eigenvalue weighted by molar-refractivity contribution is 0.606. The van der Waals surface area contributed by atoms with Gasteiger partial charge in [0.25, 0.3) is 0 Å². The first-order valence-electron chi connectivity index (χ1n) is 6.88. The van der Waals surface area contributed by atoms with Gasteiger partial charge in [0.2, 0.25) is 0 Å². The molecule has 100 valence electrons. The number of aryl methyl sites for hydroxylation is 1. The second-order valence-corrected chi connectivity index (χ2v) is 6.17. The third-order valence-corrected chi connectivity index (χ3v) is 5.15. The molecule has 1 aromatic carbocycles. The van der Waals surface area contributed by atoms with E-state index < -0.39 is 0 Å². The quantitative estimate of drug-likeness (QED) is 0.932. The van der Waals surface area contributed by atoms with Crippen molar-refractivity contribution in [2.45, 2.75) is 38.1 Å². The molecular formula is C15H19N3S. The summed E-state index contributed by atoms with van der Waals surface area (Å²) < 4.78 is 0. The predicted octanol–water partition coefficient (Wildman–Crippen LogP) is 3.29. The Morgan fingerprint density at radius 2 is 2.16 bits per heavy atom. The third-order valence-electron chi connectivity index (χ3n) is 3.93. The molecular weight excluding hydrogens is 254 g/mol. The summed E-state index contributed by atoms with van der Waals surface area (Å²) >= 11 is 1.75. The topological polar surface area (TPSA) is 37.8 Å². The molecule has 0 aliphatic heterocycles. The molecule has 1 heterocycles. The lowest BCUT2D eigenvalue weighted by atomic mass is 9.83. The molecule has 1 aromatic heterocycles. The van der Waals surface area contributed by atoms with E-state index in [-0.39, 0.29) is 6.04 Å². The largest absolute Gasteiger partial charge is 0.311 e. The zero-order chi connectivity index (χ0) is 13.2. The Morgan fingerprint density at radius 3 is 3.00 bits per heavy atom. The van der Waals surface area contributed by atoms with Gasteiger partial charge in [0.05, 0.1) is 6.04 Å². The van der Waals surface area contributed by atoms with Gasteiger partial charge in [-0.15, -0.1) is 10.2 Å². The first-order chi connectivity index (χ1) is 9.29. The minimum Gasteiger partial charge on any atom is -0.311 e. The highest BCUT2D eigenvalue weighted by Gasteiger charge is 2.25. The Balaban J connectivity index is 1.93. The summed E-state index contributed by atoms with van der Waals surface area (Å²) in [5.41, 5.74) is 2.94. The zero-order valence-electron chi connectivity index (χ0n) is 11.4. The normalized spacial score (nSPS) is 20.0. The van der Waals surface area contributed by atoms with Crippen LogP contribution in [0.2, 0.25) is 0 Å². The average Bonchev–Trinajstić information content (AvgIpc) is 2.95. The monoisotopic (exact) mass is 273 g/mol.